The number of carbonyl (C=O) groups excluding carboxylic acids is 1. The SMILES string of the molecule is C[C@H]1CCCCCCCCCCC(=O)O[C@@H]1C. The van der Waals surface area contributed by atoms with E-state index in [4.69, 9.17) is 4.74 Å². The first kappa shape index (κ1) is 14.5. The van der Waals surface area contributed by atoms with Crippen molar-refractivity contribution in [3.8, 4) is 0 Å². The molecule has 1 heterocycles. The molecule has 0 saturated carbocycles. The Hall–Kier alpha value is -0.530. The fourth-order valence-corrected chi connectivity index (χ4v) is 2.41. The van der Waals surface area contributed by atoms with Gasteiger partial charge in [-0.2, -0.15) is 0 Å². The molecule has 1 fully saturated rings. The molecule has 0 unspecified atom stereocenters. The lowest BCUT2D eigenvalue weighted by Gasteiger charge is -2.20. The number of cyclic esters (lactones) is 1. The van der Waals surface area contributed by atoms with Crippen molar-refractivity contribution in [3.05, 3.63) is 0 Å². The topological polar surface area (TPSA) is 26.3 Å². The predicted octanol–water partition coefficient (Wildman–Crippen LogP) is 4.47. The summed E-state index contributed by atoms with van der Waals surface area (Å²) in [5.74, 6) is 0.503. The number of rotatable bonds is 0. The first-order chi connectivity index (χ1) is 8.20. The van der Waals surface area contributed by atoms with Crippen LogP contribution in [0.5, 0.6) is 0 Å². The van der Waals surface area contributed by atoms with Crippen LogP contribution >= 0.6 is 0 Å². The van der Waals surface area contributed by atoms with Crippen molar-refractivity contribution in [1.82, 2.24) is 0 Å². The largest absolute Gasteiger partial charge is 0.462 e. The highest BCUT2D eigenvalue weighted by atomic mass is 16.5. The van der Waals surface area contributed by atoms with Crippen molar-refractivity contribution in [2.75, 3.05) is 0 Å². The second kappa shape index (κ2) is 8.54. The highest BCUT2D eigenvalue weighted by Crippen LogP contribution is 2.19. The molecule has 0 N–H and O–H groups in total. The Morgan fingerprint density at radius 2 is 1.41 bits per heavy atom. The molecule has 2 nitrogen and oxygen atoms in total. The highest BCUT2D eigenvalue weighted by Gasteiger charge is 2.16. The summed E-state index contributed by atoms with van der Waals surface area (Å²) < 4.78 is 5.47. The van der Waals surface area contributed by atoms with Crippen LogP contribution in [-0.2, 0) is 9.53 Å². The second-order valence-electron chi connectivity index (χ2n) is 5.54. The van der Waals surface area contributed by atoms with E-state index in [9.17, 15) is 4.79 Å². The van der Waals surface area contributed by atoms with Crippen LogP contribution in [0.4, 0.5) is 0 Å². The van der Waals surface area contributed by atoms with Crippen LogP contribution in [0.3, 0.4) is 0 Å². The molecule has 1 aliphatic heterocycles. The molecule has 0 bridgehead atoms. The predicted molar refractivity (Wildman–Crippen MR) is 70.9 cm³/mol. The first-order valence-electron chi connectivity index (χ1n) is 7.39. The van der Waals surface area contributed by atoms with Gasteiger partial charge in [-0.25, -0.2) is 0 Å². The Morgan fingerprint density at radius 1 is 0.882 bits per heavy atom. The van der Waals surface area contributed by atoms with Crippen LogP contribution in [-0.4, -0.2) is 12.1 Å². The van der Waals surface area contributed by atoms with Gasteiger partial charge in [0.1, 0.15) is 6.10 Å². The molecule has 2 atom stereocenters. The van der Waals surface area contributed by atoms with Crippen molar-refractivity contribution in [3.63, 3.8) is 0 Å². The molecule has 0 aromatic rings. The van der Waals surface area contributed by atoms with Crippen LogP contribution in [0.25, 0.3) is 0 Å². The summed E-state index contributed by atoms with van der Waals surface area (Å²) in [5, 5.41) is 0. The summed E-state index contributed by atoms with van der Waals surface area (Å²) >= 11 is 0. The summed E-state index contributed by atoms with van der Waals surface area (Å²) in [6, 6.07) is 0. The quantitative estimate of drug-likeness (QED) is 0.584. The lowest BCUT2D eigenvalue weighted by atomic mass is 9.97. The van der Waals surface area contributed by atoms with Gasteiger partial charge < -0.3 is 4.74 Å². The van der Waals surface area contributed by atoms with E-state index in [1.807, 2.05) is 6.92 Å². The van der Waals surface area contributed by atoms with E-state index in [0.29, 0.717) is 12.3 Å². The smallest absolute Gasteiger partial charge is 0.306 e. The van der Waals surface area contributed by atoms with Crippen molar-refractivity contribution >= 4 is 5.97 Å². The van der Waals surface area contributed by atoms with Crippen molar-refractivity contribution in [1.29, 1.82) is 0 Å². The molecule has 1 rings (SSSR count). The minimum Gasteiger partial charge on any atom is -0.462 e. The maximum Gasteiger partial charge on any atom is 0.306 e. The monoisotopic (exact) mass is 240 g/mol. The Balaban J connectivity index is 2.35. The van der Waals surface area contributed by atoms with Gasteiger partial charge in [0.15, 0.2) is 0 Å². The van der Waals surface area contributed by atoms with Gasteiger partial charge in [0.25, 0.3) is 0 Å². The summed E-state index contributed by atoms with van der Waals surface area (Å²) in [5.41, 5.74) is 0. The van der Waals surface area contributed by atoms with Crippen molar-refractivity contribution < 1.29 is 9.53 Å². The maximum absolute atomic E-state index is 11.6. The van der Waals surface area contributed by atoms with E-state index in [2.05, 4.69) is 6.92 Å². The third-order valence-electron chi connectivity index (χ3n) is 3.91. The Kier molecular flexibility index (Phi) is 7.30. The molecule has 0 amide bonds. The normalized spacial score (nSPS) is 30.4. The number of carbonyl (C=O) groups is 1. The van der Waals surface area contributed by atoms with Crippen LogP contribution in [0.2, 0.25) is 0 Å². The molecule has 0 aliphatic carbocycles. The molecule has 0 aromatic heterocycles. The molecular weight excluding hydrogens is 212 g/mol. The van der Waals surface area contributed by atoms with Crippen LogP contribution in [0, 0.1) is 5.92 Å². The lowest BCUT2D eigenvalue weighted by Crippen LogP contribution is -2.22. The van der Waals surface area contributed by atoms with E-state index in [-0.39, 0.29) is 12.1 Å². The van der Waals surface area contributed by atoms with Gasteiger partial charge in [-0.15, -0.1) is 0 Å². The van der Waals surface area contributed by atoms with Gasteiger partial charge in [-0.3, -0.25) is 4.79 Å². The van der Waals surface area contributed by atoms with Crippen LogP contribution in [0.1, 0.15) is 78.1 Å². The standard InChI is InChI=1S/C15H28O2/c1-13-11-9-7-5-3-4-6-8-10-12-15(16)17-14(13)2/h13-14H,3-12H2,1-2H3/t13-,14+/m0/s1. The molecule has 1 aliphatic rings. The molecular formula is C15H28O2. The number of hydrogen-bond acceptors (Lipinski definition) is 2. The van der Waals surface area contributed by atoms with Gasteiger partial charge in [0.2, 0.25) is 0 Å². The Bertz CT molecular complexity index is 213. The number of hydrogen-bond donors (Lipinski definition) is 0. The average molecular weight is 240 g/mol. The van der Waals surface area contributed by atoms with E-state index < -0.39 is 0 Å². The fourth-order valence-electron chi connectivity index (χ4n) is 2.41. The lowest BCUT2D eigenvalue weighted by molar-refractivity contribution is -0.150. The zero-order chi connectivity index (χ0) is 12.5. The zero-order valence-corrected chi connectivity index (χ0v) is 11.5. The summed E-state index contributed by atoms with van der Waals surface area (Å²) in [6.45, 7) is 4.23. The highest BCUT2D eigenvalue weighted by molar-refractivity contribution is 5.69. The van der Waals surface area contributed by atoms with Gasteiger partial charge >= 0.3 is 5.97 Å². The van der Waals surface area contributed by atoms with E-state index in [1.54, 1.807) is 0 Å². The average Bonchev–Trinajstić information content (AvgIpc) is 2.30. The number of ether oxygens (including phenoxy) is 1. The first-order valence-corrected chi connectivity index (χ1v) is 7.39. The fraction of sp³-hybridized carbons (Fsp3) is 0.933. The summed E-state index contributed by atoms with van der Waals surface area (Å²) in [4.78, 5) is 11.6. The molecule has 100 valence electrons. The maximum atomic E-state index is 11.6. The molecule has 1 saturated heterocycles. The van der Waals surface area contributed by atoms with Crippen molar-refractivity contribution in [2.45, 2.75) is 84.2 Å². The summed E-state index contributed by atoms with van der Waals surface area (Å²) in [6.07, 6.45) is 12.0. The third-order valence-corrected chi connectivity index (χ3v) is 3.91. The zero-order valence-electron chi connectivity index (χ0n) is 11.5. The molecule has 2 heteroatoms. The number of esters is 1. The summed E-state index contributed by atoms with van der Waals surface area (Å²) in [7, 11) is 0. The van der Waals surface area contributed by atoms with E-state index in [1.165, 1.54) is 51.4 Å². The second-order valence-corrected chi connectivity index (χ2v) is 5.54. The Labute approximate surface area is 106 Å². The van der Waals surface area contributed by atoms with Gasteiger partial charge in [0.05, 0.1) is 0 Å². The van der Waals surface area contributed by atoms with Gasteiger partial charge in [-0.05, 0) is 25.7 Å². The Morgan fingerprint density at radius 3 is 2.06 bits per heavy atom. The minimum absolute atomic E-state index is 0.00131. The third kappa shape index (κ3) is 6.70. The molecule has 0 radical (unpaired) electrons. The van der Waals surface area contributed by atoms with Crippen molar-refractivity contribution in [2.24, 2.45) is 5.92 Å². The minimum atomic E-state index is 0.00131. The molecule has 17 heavy (non-hydrogen) atoms. The van der Waals surface area contributed by atoms with Gasteiger partial charge in [0, 0.05) is 6.42 Å². The van der Waals surface area contributed by atoms with Crippen LogP contribution in [0.15, 0.2) is 0 Å². The van der Waals surface area contributed by atoms with E-state index in [0.717, 1.165) is 6.42 Å². The van der Waals surface area contributed by atoms with Crippen LogP contribution < -0.4 is 0 Å². The molecule has 0 spiro atoms. The van der Waals surface area contributed by atoms with Gasteiger partial charge in [-0.1, -0.05) is 51.9 Å². The molecule has 0 aromatic carbocycles. The van der Waals surface area contributed by atoms with E-state index >= 15 is 0 Å².